The molecule has 0 fully saturated rings. The van der Waals surface area contributed by atoms with Crippen molar-refractivity contribution in [2.24, 2.45) is 0 Å². The zero-order valence-electron chi connectivity index (χ0n) is 13.0. The molecule has 0 aliphatic heterocycles. The molecule has 0 aliphatic rings. The number of carbonyl (C=O) groups is 1. The maximum Gasteiger partial charge on any atom is 0.225 e. The standard InChI is InChI=1S/C16H12F3N3OS2/c1-8-6-9-15(20-7-21-16(9)25-8)24-5-4-12(23)22-11-3-2-10(17)13(18)14(11)19/h2-3,6-7H,4-5H2,1H3,(H,22,23). The van der Waals surface area contributed by atoms with Crippen LogP contribution in [0.25, 0.3) is 10.2 Å². The summed E-state index contributed by atoms with van der Waals surface area (Å²) in [7, 11) is 0. The van der Waals surface area contributed by atoms with Crippen LogP contribution in [0, 0.1) is 24.4 Å². The average Bonchev–Trinajstić information content (AvgIpc) is 2.96. The molecular weight excluding hydrogens is 371 g/mol. The third-order valence-electron chi connectivity index (χ3n) is 3.29. The van der Waals surface area contributed by atoms with Gasteiger partial charge in [0.2, 0.25) is 5.91 Å². The van der Waals surface area contributed by atoms with Crippen molar-refractivity contribution in [3.05, 3.63) is 46.9 Å². The van der Waals surface area contributed by atoms with Gasteiger partial charge in [-0.3, -0.25) is 4.79 Å². The van der Waals surface area contributed by atoms with Crippen molar-refractivity contribution < 1.29 is 18.0 Å². The summed E-state index contributed by atoms with van der Waals surface area (Å²) in [4.78, 5) is 22.3. The van der Waals surface area contributed by atoms with Crippen LogP contribution in [0.2, 0.25) is 0 Å². The van der Waals surface area contributed by atoms with E-state index in [1.165, 1.54) is 18.1 Å². The van der Waals surface area contributed by atoms with E-state index in [-0.39, 0.29) is 12.1 Å². The lowest BCUT2D eigenvalue weighted by molar-refractivity contribution is -0.115. The molecular formula is C16H12F3N3OS2. The molecule has 0 spiro atoms. The van der Waals surface area contributed by atoms with Crippen molar-refractivity contribution in [1.29, 1.82) is 0 Å². The first-order valence-corrected chi connectivity index (χ1v) is 9.03. The Balaban J connectivity index is 1.60. The van der Waals surface area contributed by atoms with Gasteiger partial charge in [0, 0.05) is 22.4 Å². The first-order chi connectivity index (χ1) is 12.0. The zero-order valence-corrected chi connectivity index (χ0v) is 14.6. The number of halogens is 3. The van der Waals surface area contributed by atoms with Gasteiger partial charge in [-0.1, -0.05) is 0 Å². The van der Waals surface area contributed by atoms with Gasteiger partial charge in [-0.25, -0.2) is 23.1 Å². The predicted molar refractivity (Wildman–Crippen MR) is 92.4 cm³/mol. The number of amides is 1. The summed E-state index contributed by atoms with van der Waals surface area (Å²) < 4.78 is 39.6. The van der Waals surface area contributed by atoms with E-state index < -0.39 is 23.4 Å². The molecule has 130 valence electrons. The lowest BCUT2D eigenvalue weighted by atomic mass is 10.2. The summed E-state index contributed by atoms with van der Waals surface area (Å²) in [5.41, 5.74) is -0.383. The number of nitrogens with zero attached hydrogens (tertiary/aromatic N) is 2. The van der Waals surface area contributed by atoms with E-state index in [4.69, 9.17) is 0 Å². The SMILES string of the molecule is Cc1cc2c(SCCC(=O)Nc3ccc(F)c(F)c3F)ncnc2s1. The van der Waals surface area contributed by atoms with E-state index in [0.717, 1.165) is 32.3 Å². The molecule has 3 rings (SSSR count). The molecule has 1 aromatic carbocycles. The number of carbonyl (C=O) groups excluding carboxylic acids is 1. The van der Waals surface area contributed by atoms with Gasteiger partial charge in [0.15, 0.2) is 17.5 Å². The summed E-state index contributed by atoms with van der Waals surface area (Å²) in [6.45, 7) is 1.98. The van der Waals surface area contributed by atoms with Crippen LogP contribution in [0.4, 0.5) is 18.9 Å². The van der Waals surface area contributed by atoms with Gasteiger partial charge in [0.05, 0.1) is 5.69 Å². The van der Waals surface area contributed by atoms with Gasteiger partial charge in [0.25, 0.3) is 0 Å². The summed E-state index contributed by atoms with van der Waals surface area (Å²) in [5.74, 6) is -4.41. The van der Waals surface area contributed by atoms with Crippen molar-refractivity contribution >= 4 is 44.9 Å². The quantitative estimate of drug-likeness (QED) is 0.399. The maximum atomic E-state index is 13.5. The number of nitrogens with one attached hydrogen (secondary N) is 1. The Labute approximate surface area is 149 Å². The second kappa shape index (κ2) is 7.40. The highest BCUT2D eigenvalue weighted by molar-refractivity contribution is 7.99. The van der Waals surface area contributed by atoms with Crippen molar-refractivity contribution in [2.75, 3.05) is 11.1 Å². The molecule has 2 aromatic heterocycles. The monoisotopic (exact) mass is 383 g/mol. The van der Waals surface area contributed by atoms with Crippen LogP contribution >= 0.6 is 23.1 Å². The van der Waals surface area contributed by atoms with Crippen LogP contribution < -0.4 is 5.32 Å². The molecule has 3 aromatic rings. The first kappa shape index (κ1) is 17.7. The number of thiophene rings is 1. The molecule has 1 amide bonds. The number of fused-ring (bicyclic) bond motifs is 1. The Hall–Kier alpha value is -2.13. The van der Waals surface area contributed by atoms with E-state index in [1.54, 1.807) is 11.3 Å². The Bertz CT molecular complexity index is 946. The molecule has 0 saturated carbocycles. The fourth-order valence-electron chi connectivity index (χ4n) is 2.14. The van der Waals surface area contributed by atoms with Crippen molar-refractivity contribution in [2.45, 2.75) is 18.4 Å². The van der Waals surface area contributed by atoms with Crippen molar-refractivity contribution in [3.8, 4) is 0 Å². The molecule has 0 atom stereocenters. The third kappa shape index (κ3) is 3.93. The van der Waals surface area contributed by atoms with Crippen molar-refractivity contribution in [1.82, 2.24) is 9.97 Å². The second-order valence-electron chi connectivity index (χ2n) is 5.12. The van der Waals surface area contributed by atoms with Crippen LogP contribution in [0.15, 0.2) is 29.6 Å². The minimum Gasteiger partial charge on any atom is -0.323 e. The third-order valence-corrected chi connectivity index (χ3v) is 5.26. The summed E-state index contributed by atoms with van der Waals surface area (Å²) in [6, 6.07) is 3.74. The van der Waals surface area contributed by atoms with Gasteiger partial charge >= 0.3 is 0 Å². The molecule has 0 saturated heterocycles. The first-order valence-electron chi connectivity index (χ1n) is 7.23. The smallest absolute Gasteiger partial charge is 0.225 e. The highest BCUT2D eigenvalue weighted by atomic mass is 32.2. The van der Waals surface area contributed by atoms with Crippen LogP contribution in [0.5, 0.6) is 0 Å². The molecule has 1 N–H and O–H groups in total. The topological polar surface area (TPSA) is 54.9 Å². The Morgan fingerprint density at radius 2 is 2.04 bits per heavy atom. The normalized spacial score (nSPS) is 11.0. The van der Waals surface area contributed by atoms with Gasteiger partial charge in [0.1, 0.15) is 16.2 Å². The lowest BCUT2D eigenvalue weighted by Gasteiger charge is -2.07. The van der Waals surface area contributed by atoms with Gasteiger partial charge in [-0.15, -0.1) is 23.1 Å². The zero-order chi connectivity index (χ0) is 18.0. The molecule has 2 heterocycles. The molecule has 0 aliphatic carbocycles. The minimum atomic E-state index is -1.61. The molecule has 0 unspecified atom stereocenters. The van der Waals surface area contributed by atoms with Crippen molar-refractivity contribution in [3.63, 3.8) is 0 Å². The highest BCUT2D eigenvalue weighted by Crippen LogP contribution is 2.30. The summed E-state index contributed by atoms with van der Waals surface area (Å²) >= 11 is 2.94. The molecule has 0 bridgehead atoms. The van der Waals surface area contributed by atoms with Crippen LogP contribution in [0.3, 0.4) is 0 Å². The molecule has 9 heteroatoms. The minimum absolute atomic E-state index is 0.0672. The molecule has 0 radical (unpaired) electrons. The second-order valence-corrected chi connectivity index (χ2v) is 7.44. The Kier molecular flexibility index (Phi) is 5.24. The Morgan fingerprint density at radius 3 is 2.84 bits per heavy atom. The van der Waals surface area contributed by atoms with E-state index in [2.05, 4.69) is 15.3 Å². The summed E-state index contributed by atoms with van der Waals surface area (Å²) in [6.07, 6.45) is 1.54. The lowest BCUT2D eigenvalue weighted by Crippen LogP contribution is -2.14. The van der Waals surface area contributed by atoms with Crippen LogP contribution in [-0.2, 0) is 4.79 Å². The number of benzene rings is 1. The van der Waals surface area contributed by atoms with E-state index >= 15 is 0 Å². The van der Waals surface area contributed by atoms with Gasteiger partial charge < -0.3 is 5.32 Å². The fourth-order valence-corrected chi connectivity index (χ4v) is 3.97. The van der Waals surface area contributed by atoms with Crippen LogP contribution in [-0.4, -0.2) is 21.6 Å². The number of rotatable bonds is 5. The fraction of sp³-hybridized carbons (Fsp3) is 0.188. The number of aryl methyl sites for hydroxylation is 1. The molecule has 25 heavy (non-hydrogen) atoms. The number of aromatic nitrogens is 2. The maximum absolute atomic E-state index is 13.5. The van der Waals surface area contributed by atoms with Gasteiger partial charge in [-0.2, -0.15) is 0 Å². The van der Waals surface area contributed by atoms with E-state index in [1.807, 2.05) is 13.0 Å². The Morgan fingerprint density at radius 1 is 1.24 bits per heavy atom. The number of thioether (sulfide) groups is 1. The number of anilines is 1. The summed E-state index contributed by atoms with van der Waals surface area (Å²) in [5, 5.41) is 3.94. The number of hydrogen-bond donors (Lipinski definition) is 1. The average molecular weight is 383 g/mol. The highest BCUT2D eigenvalue weighted by Gasteiger charge is 2.15. The number of hydrogen-bond acceptors (Lipinski definition) is 5. The van der Waals surface area contributed by atoms with E-state index in [9.17, 15) is 18.0 Å². The largest absolute Gasteiger partial charge is 0.323 e. The van der Waals surface area contributed by atoms with E-state index in [0.29, 0.717) is 5.75 Å². The predicted octanol–water partition coefficient (Wildman–Crippen LogP) is 4.54. The molecule has 4 nitrogen and oxygen atoms in total. The van der Waals surface area contributed by atoms with Gasteiger partial charge in [-0.05, 0) is 25.1 Å². The van der Waals surface area contributed by atoms with Crippen LogP contribution in [0.1, 0.15) is 11.3 Å².